The van der Waals surface area contributed by atoms with Crippen molar-refractivity contribution in [1.82, 2.24) is 0 Å². The average Bonchev–Trinajstić information content (AvgIpc) is 2.25. The van der Waals surface area contributed by atoms with Crippen molar-refractivity contribution >= 4 is 23.2 Å². The third kappa shape index (κ3) is 2.43. The molecule has 1 aliphatic rings. The molecule has 0 spiro atoms. The van der Waals surface area contributed by atoms with E-state index >= 15 is 0 Å². The van der Waals surface area contributed by atoms with Gasteiger partial charge in [0, 0.05) is 17.7 Å². The lowest BCUT2D eigenvalue weighted by Gasteiger charge is -2.21. The van der Waals surface area contributed by atoms with Gasteiger partial charge in [0.25, 0.3) is 0 Å². The van der Waals surface area contributed by atoms with E-state index in [0.717, 1.165) is 12.1 Å². The molecule has 1 heterocycles. The van der Waals surface area contributed by atoms with Crippen LogP contribution in [0.15, 0.2) is 12.1 Å². The molecule has 0 saturated carbocycles. The van der Waals surface area contributed by atoms with Crippen LogP contribution >= 0.6 is 11.6 Å². The molecule has 0 aromatic heterocycles. The van der Waals surface area contributed by atoms with Gasteiger partial charge in [-0.3, -0.25) is 4.79 Å². The predicted octanol–water partition coefficient (Wildman–Crippen LogP) is 3.55. The van der Waals surface area contributed by atoms with Gasteiger partial charge in [0.05, 0.1) is 0 Å². The maximum Gasteiger partial charge on any atom is 0.409 e. The minimum Gasteiger partial charge on any atom is -0.326 e. The van der Waals surface area contributed by atoms with E-state index < -0.39 is 22.9 Å². The van der Waals surface area contributed by atoms with Crippen LogP contribution < -0.4 is 5.32 Å². The Hall–Kier alpha value is -1.30. The van der Waals surface area contributed by atoms with Crippen molar-refractivity contribution < 1.29 is 22.4 Å². The maximum atomic E-state index is 13.5. The Morgan fingerprint density at radius 1 is 1.28 bits per heavy atom. The number of hydrogen-bond donors (Lipinski definition) is 1. The van der Waals surface area contributed by atoms with E-state index in [-0.39, 0.29) is 24.4 Å². The molecule has 98 valence electrons. The summed E-state index contributed by atoms with van der Waals surface area (Å²) in [5.74, 6) is -1.36. The van der Waals surface area contributed by atoms with Crippen LogP contribution in [-0.4, -0.2) is 12.1 Å². The fraction of sp³-hybridized carbons (Fsp3) is 0.364. The van der Waals surface area contributed by atoms with Gasteiger partial charge in [0.2, 0.25) is 5.91 Å². The van der Waals surface area contributed by atoms with E-state index in [2.05, 4.69) is 5.32 Å². The fourth-order valence-electron chi connectivity index (χ4n) is 1.79. The van der Waals surface area contributed by atoms with Gasteiger partial charge in [0.1, 0.15) is 5.82 Å². The minimum absolute atomic E-state index is 0.164. The van der Waals surface area contributed by atoms with Crippen molar-refractivity contribution in [2.45, 2.75) is 24.4 Å². The first-order valence-electron chi connectivity index (χ1n) is 5.12. The van der Waals surface area contributed by atoms with E-state index in [9.17, 15) is 22.4 Å². The van der Waals surface area contributed by atoms with Crippen molar-refractivity contribution in [1.29, 1.82) is 0 Å². The molecular formula is C11H8ClF4NO. The molecule has 1 atom stereocenters. The molecule has 0 bridgehead atoms. The number of fused-ring (bicyclic) bond motifs is 1. The number of hydrogen-bond acceptors (Lipinski definition) is 1. The highest BCUT2D eigenvalue weighted by Crippen LogP contribution is 2.41. The monoisotopic (exact) mass is 281 g/mol. The second-order valence-electron chi connectivity index (χ2n) is 3.98. The zero-order valence-electron chi connectivity index (χ0n) is 8.94. The van der Waals surface area contributed by atoms with Crippen molar-refractivity contribution in [3.8, 4) is 0 Å². The highest BCUT2D eigenvalue weighted by Gasteiger charge is 2.41. The molecule has 7 heteroatoms. The SMILES string of the molecule is O=C1CCc2cc(C(Cl)C(F)(F)F)c(F)cc2N1. The summed E-state index contributed by atoms with van der Waals surface area (Å²) in [6.45, 7) is 0. The summed E-state index contributed by atoms with van der Waals surface area (Å²) < 4.78 is 50.9. The third-order valence-electron chi connectivity index (χ3n) is 2.68. The molecule has 18 heavy (non-hydrogen) atoms. The number of halogens is 5. The Labute approximate surface area is 105 Å². The smallest absolute Gasteiger partial charge is 0.326 e. The molecule has 1 aliphatic heterocycles. The maximum absolute atomic E-state index is 13.5. The van der Waals surface area contributed by atoms with Crippen LogP contribution in [0.5, 0.6) is 0 Å². The summed E-state index contributed by atoms with van der Waals surface area (Å²) in [5.41, 5.74) is 0.0542. The van der Waals surface area contributed by atoms with Gasteiger partial charge >= 0.3 is 6.18 Å². The molecule has 1 aromatic carbocycles. The van der Waals surface area contributed by atoms with Crippen LogP contribution in [0.3, 0.4) is 0 Å². The van der Waals surface area contributed by atoms with Gasteiger partial charge in [-0.25, -0.2) is 4.39 Å². The Bertz CT molecular complexity index is 501. The van der Waals surface area contributed by atoms with Crippen molar-refractivity contribution in [2.75, 3.05) is 5.32 Å². The zero-order chi connectivity index (χ0) is 13.5. The Morgan fingerprint density at radius 3 is 2.56 bits per heavy atom. The summed E-state index contributed by atoms with van der Waals surface area (Å²) in [5, 5.41) is 0.0138. The average molecular weight is 282 g/mol. The molecule has 1 amide bonds. The Kier molecular flexibility index (Phi) is 3.23. The highest BCUT2D eigenvalue weighted by molar-refractivity contribution is 6.21. The first-order valence-corrected chi connectivity index (χ1v) is 5.55. The highest BCUT2D eigenvalue weighted by atomic mass is 35.5. The zero-order valence-corrected chi connectivity index (χ0v) is 9.70. The first-order chi connectivity index (χ1) is 8.29. The van der Waals surface area contributed by atoms with Gasteiger partial charge in [-0.2, -0.15) is 13.2 Å². The van der Waals surface area contributed by atoms with Gasteiger partial charge in [-0.15, -0.1) is 11.6 Å². The molecule has 0 fully saturated rings. The van der Waals surface area contributed by atoms with Gasteiger partial charge in [0.15, 0.2) is 5.38 Å². The van der Waals surface area contributed by atoms with E-state index in [1.54, 1.807) is 0 Å². The number of alkyl halides is 4. The van der Waals surface area contributed by atoms with E-state index in [4.69, 9.17) is 11.6 Å². The number of aryl methyl sites for hydroxylation is 1. The summed E-state index contributed by atoms with van der Waals surface area (Å²) >= 11 is 5.21. The summed E-state index contributed by atoms with van der Waals surface area (Å²) in [7, 11) is 0. The number of nitrogens with one attached hydrogen (secondary N) is 1. The molecule has 2 rings (SSSR count). The van der Waals surface area contributed by atoms with Crippen LogP contribution in [-0.2, 0) is 11.2 Å². The number of rotatable bonds is 1. The predicted molar refractivity (Wildman–Crippen MR) is 58.0 cm³/mol. The molecule has 0 radical (unpaired) electrons. The molecule has 1 aromatic rings. The number of amides is 1. The van der Waals surface area contributed by atoms with Crippen LogP contribution in [0.1, 0.15) is 22.9 Å². The minimum atomic E-state index is -4.71. The standard InChI is InChI=1S/C11H8ClF4NO/c12-10(11(14,15)16)6-3-5-1-2-9(18)17-8(5)4-7(6)13/h3-4,10H,1-2H2,(H,17,18). The van der Waals surface area contributed by atoms with Crippen molar-refractivity contribution in [2.24, 2.45) is 0 Å². The topological polar surface area (TPSA) is 29.1 Å². The molecule has 0 saturated heterocycles. The second-order valence-corrected chi connectivity index (χ2v) is 4.42. The van der Waals surface area contributed by atoms with Crippen LogP contribution in [0.2, 0.25) is 0 Å². The number of carbonyl (C=O) groups is 1. The summed E-state index contributed by atoms with van der Waals surface area (Å²) in [4.78, 5) is 11.1. The Morgan fingerprint density at radius 2 is 1.94 bits per heavy atom. The Balaban J connectivity index is 2.43. The summed E-state index contributed by atoms with van der Waals surface area (Å²) in [6, 6.07) is 1.94. The number of anilines is 1. The van der Waals surface area contributed by atoms with Crippen molar-refractivity contribution in [3.05, 3.63) is 29.1 Å². The van der Waals surface area contributed by atoms with Gasteiger partial charge in [-0.05, 0) is 24.1 Å². The third-order valence-corrected chi connectivity index (χ3v) is 3.16. The number of benzene rings is 1. The second kappa shape index (κ2) is 4.42. The lowest BCUT2D eigenvalue weighted by atomic mass is 9.98. The quantitative estimate of drug-likeness (QED) is 0.619. The normalized spacial score (nSPS) is 17.1. The lowest BCUT2D eigenvalue weighted by Crippen LogP contribution is -2.21. The van der Waals surface area contributed by atoms with Crippen molar-refractivity contribution in [3.63, 3.8) is 0 Å². The first kappa shape index (κ1) is 13.1. The molecule has 2 nitrogen and oxygen atoms in total. The molecule has 1 N–H and O–H groups in total. The molecule has 1 unspecified atom stereocenters. The fourth-order valence-corrected chi connectivity index (χ4v) is 1.96. The van der Waals surface area contributed by atoms with E-state index in [1.165, 1.54) is 0 Å². The molecular weight excluding hydrogens is 274 g/mol. The van der Waals surface area contributed by atoms with E-state index in [1.807, 2.05) is 0 Å². The van der Waals surface area contributed by atoms with Crippen LogP contribution in [0, 0.1) is 5.82 Å². The van der Waals surface area contributed by atoms with Crippen LogP contribution in [0.25, 0.3) is 0 Å². The largest absolute Gasteiger partial charge is 0.409 e. The van der Waals surface area contributed by atoms with Crippen LogP contribution in [0.4, 0.5) is 23.2 Å². The van der Waals surface area contributed by atoms with E-state index in [0.29, 0.717) is 5.56 Å². The molecule has 0 aliphatic carbocycles. The number of carbonyl (C=O) groups excluding carboxylic acids is 1. The van der Waals surface area contributed by atoms with Gasteiger partial charge < -0.3 is 5.32 Å². The lowest BCUT2D eigenvalue weighted by molar-refractivity contribution is -0.132. The van der Waals surface area contributed by atoms with Gasteiger partial charge in [-0.1, -0.05) is 0 Å². The summed E-state index contributed by atoms with van der Waals surface area (Å²) in [6.07, 6.45) is -4.28.